The molecule has 1 N–H and O–H groups in total. The fourth-order valence-electron chi connectivity index (χ4n) is 2.65. The summed E-state index contributed by atoms with van der Waals surface area (Å²) in [4.78, 5) is 0. The number of hydrogen-bond donors (Lipinski definition) is 1. The molecule has 88 valence electrons. The lowest BCUT2D eigenvalue weighted by molar-refractivity contribution is 0.465. The highest BCUT2D eigenvalue weighted by Crippen LogP contribution is 2.32. The van der Waals surface area contributed by atoms with E-state index in [9.17, 15) is 0 Å². The van der Waals surface area contributed by atoms with Crippen LogP contribution in [0.1, 0.15) is 42.1 Å². The van der Waals surface area contributed by atoms with Crippen LogP contribution >= 0.6 is 11.3 Å². The zero-order valence-electron chi connectivity index (χ0n) is 10.0. The van der Waals surface area contributed by atoms with E-state index in [2.05, 4.69) is 53.3 Å². The van der Waals surface area contributed by atoms with Crippen LogP contribution in [0.25, 0.3) is 0 Å². The van der Waals surface area contributed by atoms with E-state index in [0.717, 1.165) is 0 Å². The van der Waals surface area contributed by atoms with Crippen molar-refractivity contribution in [1.29, 1.82) is 0 Å². The van der Waals surface area contributed by atoms with Gasteiger partial charge in [-0.05, 0) is 53.3 Å². The Hall–Kier alpha value is -1.12. The highest BCUT2D eigenvalue weighted by Gasteiger charge is 2.23. The minimum Gasteiger partial charge on any atom is -0.303 e. The molecular formula is C15H17NS. The van der Waals surface area contributed by atoms with Crippen LogP contribution in [0.15, 0.2) is 41.1 Å². The molecule has 0 saturated heterocycles. The summed E-state index contributed by atoms with van der Waals surface area (Å²) in [7, 11) is 0. The monoisotopic (exact) mass is 243 g/mol. The first kappa shape index (κ1) is 11.0. The van der Waals surface area contributed by atoms with E-state index in [1.165, 1.54) is 29.5 Å². The fourth-order valence-corrected chi connectivity index (χ4v) is 3.40. The highest BCUT2D eigenvalue weighted by atomic mass is 32.1. The van der Waals surface area contributed by atoms with E-state index in [0.29, 0.717) is 12.1 Å². The first-order chi connectivity index (χ1) is 8.34. The molecule has 0 bridgehead atoms. The van der Waals surface area contributed by atoms with Gasteiger partial charge in [0.2, 0.25) is 0 Å². The molecule has 17 heavy (non-hydrogen) atoms. The number of aryl methyl sites for hydroxylation is 1. The van der Waals surface area contributed by atoms with Gasteiger partial charge in [0.15, 0.2) is 0 Å². The number of thiophene rings is 1. The molecule has 0 saturated carbocycles. The van der Waals surface area contributed by atoms with Crippen molar-refractivity contribution in [2.24, 2.45) is 0 Å². The molecule has 2 atom stereocenters. The van der Waals surface area contributed by atoms with Crippen LogP contribution in [0.5, 0.6) is 0 Å². The first-order valence-electron chi connectivity index (χ1n) is 6.20. The maximum Gasteiger partial charge on any atom is 0.0331 e. The predicted molar refractivity (Wildman–Crippen MR) is 73.4 cm³/mol. The first-order valence-corrected chi connectivity index (χ1v) is 7.15. The fraction of sp³-hybridized carbons (Fsp3) is 0.333. The third kappa shape index (κ3) is 2.15. The summed E-state index contributed by atoms with van der Waals surface area (Å²) >= 11 is 1.77. The van der Waals surface area contributed by atoms with Gasteiger partial charge in [-0.2, -0.15) is 11.3 Å². The molecule has 0 aliphatic heterocycles. The maximum absolute atomic E-state index is 3.74. The third-order valence-electron chi connectivity index (χ3n) is 3.63. The van der Waals surface area contributed by atoms with Gasteiger partial charge in [0.1, 0.15) is 0 Å². The van der Waals surface area contributed by atoms with Crippen LogP contribution < -0.4 is 5.32 Å². The largest absolute Gasteiger partial charge is 0.303 e. The summed E-state index contributed by atoms with van der Waals surface area (Å²) in [6, 6.07) is 12.0. The third-order valence-corrected chi connectivity index (χ3v) is 4.33. The summed E-state index contributed by atoms with van der Waals surface area (Å²) in [5.41, 5.74) is 4.41. The van der Waals surface area contributed by atoms with Crippen molar-refractivity contribution in [2.75, 3.05) is 0 Å². The van der Waals surface area contributed by atoms with Crippen LogP contribution in [0.2, 0.25) is 0 Å². The zero-order valence-corrected chi connectivity index (χ0v) is 10.8. The Labute approximate surface area is 106 Å². The second kappa shape index (κ2) is 4.63. The van der Waals surface area contributed by atoms with Gasteiger partial charge in [-0.3, -0.25) is 0 Å². The van der Waals surface area contributed by atoms with E-state index in [-0.39, 0.29) is 0 Å². The topological polar surface area (TPSA) is 12.0 Å². The van der Waals surface area contributed by atoms with Gasteiger partial charge in [-0.15, -0.1) is 0 Å². The van der Waals surface area contributed by atoms with E-state index in [4.69, 9.17) is 0 Å². The van der Waals surface area contributed by atoms with Gasteiger partial charge in [0.05, 0.1) is 0 Å². The Morgan fingerprint density at radius 2 is 2.18 bits per heavy atom. The van der Waals surface area contributed by atoms with Crippen LogP contribution in [-0.2, 0) is 6.42 Å². The molecule has 2 aromatic rings. The minimum atomic E-state index is 0.442. The van der Waals surface area contributed by atoms with Gasteiger partial charge in [-0.1, -0.05) is 24.3 Å². The summed E-state index contributed by atoms with van der Waals surface area (Å²) in [6.45, 7) is 2.25. The molecule has 1 aromatic carbocycles. The molecule has 1 aliphatic rings. The molecule has 3 rings (SSSR count). The maximum atomic E-state index is 3.74. The van der Waals surface area contributed by atoms with E-state index in [1.807, 2.05) is 0 Å². The molecule has 0 spiro atoms. The Morgan fingerprint density at radius 3 is 3.00 bits per heavy atom. The second-order valence-electron chi connectivity index (χ2n) is 4.74. The van der Waals surface area contributed by atoms with Gasteiger partial charge in [0.25, 0.3) is 0 Å². The van der Waals surface area contributed by atoms with Crippen molar-refractivity contribution in [1.82, 2.24) is 5.32 Å². The molecule has 2 unspecified atom stereocenters. The minimum absolute atomic E-state index is 0.442. The smallest absolute Gasteiger partial charge is 0.0331 e. The van der Waals surface area contributed by atoms with Crippen molar-refractivity contribution in [3.05, 3.63) is 57.8 Å². The molecule has 1 aromatic heterocycles. The van der Waals surface area contributed by atoms with E-state index in [1.54, 1.807) is 11.3 Å². The van der Waals surface area contributed by atoms with Crippen LogP contribution in [0, 0.1) is 0 Å². The predicted octanol–water partition coefficient (Wildman–Crippen LogP) is 4.09. The Kier molecular flexibility index (Phi) is 3.00. The SMILES string of the molecule is CC(NC1CCc2ccccc21)c1ccsc1. The Balaban J connectivity index is 1.75. The lowest BCUT2D eigenvalue weighted by Crippen LogP contribution is -2.22. The molecule has 1 aliphatic carbocycles. The average molecular weight is 243 g/mol. The van der Waals surface area contributed by atoms with Gasteiger partial charge >= 0.3 is 0 Å². The van der Waals surface area contributed by atoms with Crippen molar-refractivity contribution in [3.63, 3.8) is 0 Å². The molecule has 0 radical (unpaired) electrons. The molecule has 0 fully saturated rings. The summed E-state index contributed by atoms with van der Waals surface area (Å²) in [5.74, 6) is 0. The second-order valence-corrected chi connectivity index (χ2v) is 5.52. The molecule has 2 heteroatoms. The standard InChI is InChI=1S/C15H17NS/c1-11(13-8-9-17-10-13)16-15-7-6-12-4-2-3-5-14(12)15/h2-5,8-11,15-16H,6-7H2,1H3. The normalized spacial score (nSPS) is 20.2. The molecule has 0 amide bonds. The molecular weight excluding hydrogens is 226 g/mol. The van der Waals surface area contributed by atoms with Gasteiger partial charge in [0, 0.05) is 12.1 Å². The van der Waals surface area contributed by atoms with Crippen molar-refractivity contribution in [3.8, 4) is 0 Å². The van der Waals surface area contributed by atoms with Gasteiger partial charge in [-0.25, -0.2) is 0 Å². The zero-order chi connectivity index (χ0) is 11.7. The quantitative estimate of drug-likeness (QED) is 0.856. The molecule has 1 heterocycles. The lowest BCUT2D eigenvalue weighted by Gasteiger charge is -2.19. The summed E-state index contributed by atoms with van der Waals surface area (Å²) in [6.07, 6.45) is 2.44. The van der Waals surface area contributed by atoms with Crippen LogP contribution in [-0.4, -0.2) is 0 Å². The van der Waals surface area contributed by atoms with Gasteiger partial charge < -0.3 is 5.32 Å². The number of hydrogen-bond acceptors (Lipinski definition) is 2. The number of nitrogens with one attached hydrogen (secondary N) is 1. The van der Waals surface area contributed by atoms with E-state index < -0.39 is 0 Å². The van der Waals surface area contributed by atoms with Crippen molar-refractivity contribution >= 4 is 11.3 Å². The summed E-state index contributed by atoms with van der Waals surface area (Å²) < 4.78 is 0. The molecule has 1 nitrogen and oxygen atoms in total. The van der Waals surface area contributed by atoms with Crippen molar-refractivity contribution < 1.29 is 0 Å². The number of benzene rings is 1. The van der Waals surface area contributed by atoms with Crippen LogP contribution in [0.4, 0.5) is 0 Å². The van der Waals surface area contributed by atoms with Crippen LogP contribution in [0.3, 0.4) is 0 Å². The van der Waals surface area contributed by atoms with E-state index >= 15 is 0 Å². The Morgan fingerprint density at radius 1 is 1.29 bits per heavy atom. The highest BCUT2D eigenvalue weighted by molar-refractivity contribution is 7.07. The van der Waals surface area contributed by atoms with Crippen molar-refractivity contribution in [2.45, 2.75) is 31.8 Å². The Bertz CT molecular complexity index is 489. The summed E-state index contributed by atoms with van der Waals surface area (Å²) in [5, 5.41) is 8.13. The lowest BCUT2D eigenvalue weighted by atomic mass is 10.1. The number of fused-ring (bicyclic) bond motifs is 1. The number of rotatable bonds is 3. The average Bonchev–Trinajstić information content (AvgIpc) is 2.98.